The van der Waals surface area contributed by atoms with E-state index in [1.807, 2.05) is 33.2 Å². The molecule has 5 heteroatoms. The number of aryl methyl sites for hydroxylation is 2. The molecule has 0 N–H and O–H groups in total. The van der Waals surface area contributed by atoms with Gasteiger partial charge in [-0.25, -0.2) is 0 Å². The van der Waals surface area contributed by atoms with Crippen LogP contribution in [0.1, 0.15) is 27.0 Å². The highest BCUT2D eigenvalue weighted by Gasteiger charge is 2.36. The molecule has 1 aromatic carbocycles. The van der Waals surface area contributed by atoms with Crippen LogP contribution in [0.3, 0.4) is 0 Å². The number of fused-ring (bicyclic) bond motifs is 1. The van der Waals surface area contributed by atoms with E-state index in [2.05, 4.69) is 5.10 Å². The van der Waals surface area contributed by atoms with E-state index >= 15 is 0 Å². The van der Waals surface area contributed by atoms with Gasteiger partial charge in [0.25, 0.3) is 11.7 Å². The number of Topliss-reactive ketones (excluding diaryl/α,β-unsaturated/α-hetero) is 1. The van der Waals surface area contributed by atoms with Gasteiger partial charge < -0.3 is 4.90 Å². The molecule has 1 amide bonds. The van der Waals surface area contributed by atoms with Crippen molar-refractivity contribution in [1.82, 2.24) is 9.78 Å². The molecule has 3 rings (SSSR count). The summed E-state index contributed by atoms with van der Waals surface area (Å²) in [5.74, 6) is -0.832. The average molecular weight is 283 g/mol. The summed E-state index contributed by atoms with van der Waals surface area (Å²) in [4.78, 5) is 25.9. The molecule has 0 saturated carbocycles. The van der Waals surface area contributed by atoms with E-state index < -0.39 is 11.7 Å². The van der Waals surface area contributed by atoms with E-state index in [4.69, 9.17) is 0 Å². The summed E-state index contributed by atoms with van der Waals surface area (Å²) in [6, 6.07) is 3.64. The van der Waals surface area contributed by atoms with E-state index in [-0.39, 0.29) is 0 Å². The minimum atomic E-state index is -0.428. The van der Waals surface area contributed by atoms with Crippen molar-refractivity contribution >= 4 is 17.4 Å². The van der Waals surface area contributed by atoms with Crippen LogP contribution in [0.25, 0.3) is 0 Å². The third-order valence-corrected chi connectivity index (χ3v) is 4.04. The standard InChI is InChI=1S/C16H17N3O2/c1-10-4-5-13-14(11(10)2)19(16(21)15(13)20)7-6-12-8-17-18(3)9-12/h4-5,8-9H,6-7H2,1-3H3. The van der Waals surface area contributed by atoms with Crippen molar-refractivity contribution in [2.45, 2.75) is 20.3 Å². The average Bonchev–Trinajstić information content (AvgIpc) is 2.97. The Balaban J connectivity index is 1.92. The van der Waals surface area contributed by atoms with E-state index in [9.17, 15) is 9.59 Å². The van der Waals surface area contributed by atoms with Crippen molar-refractivity contribution in [3.8, 4) is 0 Å². The van der Waals surface area contributed by atoms with Gasteiger partial charge in [0.05, 0.1) is 17.4 Å². The first-order chi connectivity index (χ1) is 9.99. The molecule has 0 aliphatic carbocycles. The summed E-state index contributed by atoms with van der Waals surface area (Å²) in [6.07, 6.45) is 4.39. The summed E-state index contributed by atoms with van der Waals surface area (Å²) in [7, 11) is 1.86. The Labute approximate surface area is 123 Å². The van der Waals surface area contributed by atoms with Crippen LogP contribution in [0.15, 0.2) is 24.5 Å². The van der Waals surface area contributed by atoms with Gasteiger partial charge in [-0.3, -0.25) is 14.3 Å². The van der Waals surface area contributed by atoms with Gasteiger partial charge in [0.15, 0.2) is 0 Å². The zero-order chi connectivity index (χ0) is 15.1. The largest absolute Gasteiger partial charge is 0.304 e. The van der Waals surface area contributed by atoms with Gasteiger partial charge in [0, 0.05) is 19.8 Å². The van der Waals surface area contributed by atoms with Crippen LogP contribution < -0.4 is 4.90 Å². The quantitative estimate of drug-likeness (QED) is 0.807. The lowest BCUT2D eigenvalue weighted by molar-refractivity contribution is -0.114. The van der Waals surface area contributed by atoms with Gasteiger partial charge in [0.1, 0.15) is 0 Å². The summed E-state index contributed by atoms with van der Waals surface area (Å²) < 4.78 is 1.73. The first-order valence-corrected chi connectivity index (χ1v) is 6.93. The second-order valence-corrected chi connectivity index (χ2v) is 5.46. The van der Waals surface area contributed by atoms with Crippen molar-refractivity contribution < 1.29 is 9.59 Å². The molecule has 0 radical (unpaired) electrons. The van der Waals surface area contributed by atoms with Crippen LogP contribution in [-0.4, -0.2) is 28.0 Å². The molecule has 0 bridgehead atoms. The number of amides is 1. The topological polar surface area (TPSA) is 55.2 Å². The van der Waals surface area contributed by atoms with Crippen LogP contribution in [0, 0.1) is 13.8 Å². The lowest BCUT2D eigenvalue weighted by atomic mass is 10.0. The lowest BCUT2D eigenvalue weighted by Crippen LogP contribution is -2.32. The molecule has 1 aliphatic rings. The molecule has 0 fully saturated rings. The third kappa shape index (κ3) is 2.14. The molecule has 108 valence electrons. The van der Waals surface area contributed by atoms with Crippen molar-refractivity contribution in [3.05, 3.63) is 46.8 Å². The molecule has 2 aromatic rings. The molecule has 0 spiro atoms. The maximum atomic E-state index is 12.2. The highest BCUT2D eigenvalue weighted by molar-refractivity contribution is 6.52. The van der Waals surface area contributed by atoms with Crippen LogP contribution in [0.5, 0.6) is 0 Å². The predicted molar refractivity (Wildman–Crippen MR) is 79.5 cm³/mol. The Morgan fingerprint density at radius 1 is 1.19 bits per heavy atom. The normalized spacial score (nSPS) is 14.0. The number of nitrogens with zero attached hydrogens (tertiary/aromatic N) is 3. The van der Waals surface area contributed by atoms with Crippen LogP contribution >= 0.6 is 0 Å². The number of rotatable bonds is 3. The number of hydrogen-bond acceptors (Lipinski definition) is 3. The van der Waals surface area contributed by atoms with Crippen molar-refractivity contribution in [2.75, 3.05) is 11.4 Å². The summed E-state index contributed by atoms with van der Waals surface area (Å²) >= 11 is 0. The van der Waals surface area contributed by atoms with Gasteiger partial charge in [-0.05, 0) is 43.0 Å². The number of ketones is 1. The molecule has 21 heavy (non-hydrogen) atoms. The number of carbonyl (C=O) groups excluding carboxylic acids is 2. The highest BCUT2D eigenvalue weighted by atomic mass is 16.2. The molecule has 0 saturated heterocycles. The van der Waals surface area contributed by atoms with Crippen LogP contribution in [-0.2, 0) is 18.3 Å². The molecular weight excluding hydrogens is 266 g/mol. The van der Waals surface area contributed by atoms with Crippen LogP contribution in [0.2, 0.25) is 0 Å². The van der Waals surface area contributed by atoms with Gasteiger partial charge >= 0.3 is 0 Å². The number of benzene rings is 1. The lowest BCUT2D eigenvalue weighted by Gasteiger charge is -2.19. The Morgan fingerprint density at radius 2 is 1.95 bits per heavy atom. The van der Waals surface area contributed by atoms with Gasteiger partial charge in [-0.2, -0.15) is 5.10 Å². The zero-order valence-electron chi connectivity index (χ0n) is 12.4. The number of aromatic nitrogens is 2. The van der Waals surface area contributed by atoms with Crippen LogP contribution in [0.4, 0.5) is 5.69 Å². The molecule has 2 heterocycles. The summed E-state index contributed by atoms with van der Waals surface area (Å²) in [6.45, 7) is 4.44. The molecule has 0 atom stereocenters. The SMILES string of the molecule is Cc1ccc2c(c1C)N(CCc1cnn(C)c1)C(=O)C2=O. The van der Waals surface area contributed by atoms with E-state index in [1.165, 1.54) is 0 Å². The fourth-order valence-electron chi connectivity index (χ4n) is 2.73. The molecule has 0 unspecified atom stereocenters. The van der Waals surface area contributed by atoms with Gasteiger partial charge in [-0.1, -0.05) is 6.07 Å². The first kappa shape index (κ1) is 13.5. The second-order valence-electron chi connectivity index (χ2n) is 5.46. The Morgan fingerprint density at radius 3 is 2.62 bits per heavy atom. The van der Waals surface area contributed by atoms with Crippen molar-refractivity contribution in [3.63, 3.8) is 0 Å². The summed E-state index contributed by atoms with van der Waals surface area (Å²) in [5, 5.41) is 4.12. The number of anilines is 1. The number of hydrogen-bond donors (Lipinski definition) is 0. The fraction of sp³-hybridized carbons (Fsp3) is 0.312. The maximum Gasteiger partial charge on any atom is 0.299 e. The Bertz CT molecular complexity index is 746. The van der Waals surface area contributed by atoms with Crippen molar-refractivity contribution in [1.29, 1.82) is 0 Å². The maximum absolute atomic E-state index is 12.2. The second kappa shape index (κ2) is 4.84. The Kier molecular flexibility index (Phi) is 3.12. The van der Waals surface area contributed by atoms with E-state index in [1.54, 1.807) is 21.8 Å². The first-order valence-electron chi connectivity index (χ1n) is 6.93. The van der Waals surface area contributed by atoms with Gasteiger partial charge in [-0.15, -0.1) is 0 Å². The van der Waals surface area contributed by atoms with E-state index in [0.29, 0.717) is 18.5 Å². The Hall–Kier alpha value is -2.43. The van der Waals surface area contributed by atoms with Crippen molar-refractivity contribution in [2.24, 2.45) is 7.05 Å². The highest BCUT2D eigenvalue weighted by Crippen LogP contribution is 2.34. The molecule has 1 aromatic heterocycles. The third-order valence-electron chi connectivity index (χ3n) is 4.04. The summed E-state index contributed by atoms with van der Waals surface area (Å²) in [5.41, 5.74) is 4.43. The predicted octanol–water partition coefficient (Wildman–Crippen LogP) is 1.81. The zero-order valence-corrected chi connectivity index (χ0v) is 12.4. The molecule has 1 aliphatic heterocycles. The minimum Gasteiger partial charge on any atom is -0.304 e. The monoisotopic (exact) mass is 283 g/mol. The van der Waals surface area contributed by atoms with E-state index in [0.717, 1.165) is 22.4 Å². The fourth-order valence-corrected chi connectivity index (χ4v) is 2.73. The molecular formula is C16H17N3O2. The molecule has 5 nitrogen and oxygen atoms in total. The smallest absolute Gasteiger partial charge is 0.299 e. The minimum absolute atomic E-state index is 0.403. The number of carbonyl (C=O) groups is 2. The van der Waals surface area contributed by atoms with Gasteiger partial charge in [0.2, 0.25) is 0 Å².